The maximum Gasteiger partial charge on any atom is 0.286 e. The first kappa shape index (κ1) is 22.3. The largest absolute Gasteiger partial charge is 0.493 e. The number of rotatable bonds is 8. The third-order valence-electron chi connectivity index (χ3n) is 6.19. The summed E-state index contributed by atoms with van der Waals surface area (Å²) < 4.78 is 10.7. The summed E-state index contributed by atoms with van der Waals surface area (Å²) in [6.45, 7) is 5.24. The molecule has 2 aliphatic rings. The third kappa shape index (κ3) is 5.62. The molecule has 1 amide bonds. The number of piperidine rings is 1. The lowest BCUT2D eigenvalue weighted by molar-refractivity contribution is -0.385. The predicted octanol–water partition coefficient (Wildman–Crippen LogP) is 3.78. The Morgan fingerprint density at radius 3 is 2.47 bits per heavy atom. The van der Waals surface area contributed by atoms with Crippen molar-refractivity contribution in [2.24, 2.45) is 5.92 Å². The molecule has 1 aliphatic heterocycles. The van der Waals surface area contributed by atoms with Crippen LogP contribution in [0.15, 0.2) is 12.1 Å². The van der Waals surface area contributed by atoms with Crippen LogP contribution in [0, 0.1) is 16.0 Å². The number of carbonyl (C=O) groups is 1. The summed E-state index contributed by atoms with van der Waals surface area (Å²) in [7, 11) is 1.42. The highest BCUT2D eigenvalue weighted by Gasteiger charge is 2.28. The molecule has 1 heterocycles. The Morgan fingerprint density at radius 1 is 1.17 bits per heavy atom. The van der Waals surface area contributed by atoms with Crippen LogP contribution >= 0.6 is 0 Å². The van der Waals surface area contributed by atoms with Crippen molar-refractivity contribution in [3.8, 4) is 11.5 Å². The highest BCUT2D eigenvalue weighted by molar-refractivity contribution is 5.99. The highest BCUT2D eigenvalue weighted by Crippen LogP contribution is 2.35. The maximum atomic E-state index is 12.9. The van der Waals surface area contributed by atoms with Gasteiger partial charge in [0.25, 0.3) is 11.6 Å². The van der Waals surface area contributed by atoms with E-state index in [1.165, 1.54) is 51.3 Å². The second kappa shape index (κ2) is 10.6. The third-order valence-corrected chi connectivity index (χ3v) is 6.19. The van der Waals surface area contributed by atoms with Crippen LogP contribution < -0.4 is 14.8 Å². The van der Waals surface area contributed by atoms with E-state index < -0.39 is 10.8 Å². The van der Waals surface area contributed by atoms with Gasteiger partial charge < -0.3 is 19.7 Å². The first-order valence-electron chi connectivity index (χ1n) is 11.0. The van der Waals surface area contributed by atoms with E-state index in [-0.39, 0.29) is 23.0 Å². The van der Waals surface area contributed by atoms with Crippen LogP contribution in [-0.2, 0) is 0 Å². The molecule has 166 valence electrons. The van der Waals surface area contributed by atoms with Gasteiger partial charge in [0.1, 0.15) is 5.56 Å². The molecule has 0 radical (unpaired) electrons. The number of ether oxygens (including phenoxy) is 2. The predicted molar refractivity (Wildman–Crippen MR) is 114 cm³/mol. The van der Waals surface area contributed by atoms with E-state index in [0.29, 0.717) is 12.4 Å². The number of likely N-dealkylation sites (tertiary alicyclic amines) is 1. The SMILES string of the molecule is CCOc1cc(C(=O)NC2CCN(CC3CCCCC3)CC2)c([N+](=O)[O-])cc1OC. The monoisotopic (exact) mass is 419 g/mol. The Balaban J connectivity index is 1.61. The van der Waals surface area contributed by atoms with Crippen LogP contribution in [0.5, 0.6) is 11.5 Å². The number of nitrogens with zero attached hydrogens (tertiary/aromatic N) is 2. The van der Waals surface area contributed by atoms with Crippen molar-refractivity contribution >= 4 is 11.6 Å². The van der Waals surface area contributed by atoms with Gasteiger partial charge in [-0.1, -0.05) is 19.3 Å². The van der Waals surface area contributed by atoms with Crippen LogP contribution in [0.25, 0.3) is 0 Å². The minimum absolute atomic E-state index is 0.00823. The molecule has 1 saturated heterocycles. The van der Waals surface area contributed by atoms with E-state index >= 15 is 0 Å². The normalized spacial score (nSPS) is 18.7. The number of hydrogen-bond donors (Lipinski definition) is 1. The molecular weight excluding hydrogens is 386 g/mol. The average Bonchev–Trinajstić information content (AvgIpc) is 2.75. The summed E-state index contributed by atoms with van der Waals surface area (Å²) in [6, 6.07) is 2.69. The van der Waals surface area contributed by atoms with Gasteiger partial charge in [0, 0.05) is 31.7 Å². The Hall–Kier alpha value is -2.35. The van der Waals surface area contributed by atoms with Gasteiger partial charge in [-0.25, -0.2) is 0 Å². The fourth-order valence-electron chi connectivity index (χ4n) is 4.57. The minimum atomic E-state index is -0.556. The summed E-state index contributed by atoms with van der Waals surface area (Å²) in [5.41, 5.74) is -0.267. The zero-order chi connectivity index (χ0) is 21.5. The van der Waals surface area contributed by atoms with E-state index in [9.17, 15) is 14.9 Å². The molecule has 0 aromatic heterocycles. The molecule has 0 spiro atoms. The second-order valence-corrected chi connectivity index (χ2v) is 8.26. The second-order valence-electron chi connectivity index (χ2n) is 8.26. The molecular formula is C22H33N3O5. The Kier molecular flexibility index (Phi) is 7.90. The van der Waals surface area contributed by atoms with Crippen molar-refractivity contribution in [1.29, 1.82) is 0 Å². The summed E-state index contributed by atoms with van der Waals surface area (Å²) in [6.07, 6.45) is 8.46. The fourth-order valence-corrected chi connectivity index (χ4v) is 4.57. The van der Waals surface area contributed by atoms with Crippen LogP contribution in [-0.4, -0.2) is 55.1 Å². The van der Waals surface area contributed by atoms with Crippen molar-refractivity contribution in [3.05, 3.63) is 27.8 Å². The first-order chi connectivity index (χ1) is 14.5. The molecule has 1 N–H and O–H groups in total. The Morgan fingerprint density at radius 2 is 1.87 bits per heavy atom. The Labute approximate surface area is 178 Å². The van der Waals surface area contributed by atoms with Crippen LogP contribution in [0.4, 0.5) is 5.69 Å². The van der Waals surface area contributed by atoms with E-state index in [1.807, 2.05) is 6.92 Å². The fraction of sp³-hybridized carbons (Fsp3) is 0.682. The lowest BCUT2D eigenvalue weighted by Crippen LogP contribution is -2.46. The molecule has 3 rings (SSSR count). The molecule has 8 nitrogen and oxygen atoms in total. The van der Waals surface area contributed by atoms with Gasteiger partial charge in [-0.3, -0.25) is 14.9 Å². The smallest absolute Gasteiger partial charge is 0.286 e. The number of hydrogen-bond acceptors (Lipinski definition) is 6. The molecule has 0 atom stereocenters. The van der Waals surface area contributed by atoms with E-state index in [0.717, 1.165) is 38.4 Å². The minimum Gasteiger partial charge on any atom is -0.493 e. The van der Waals surface area contributed by atoms with Gasteiger partial charge in [0.05, 0.1) is 24.7 Å². The van der Waals surface area contributed by atoms with Crippen LogP contribution in [0.3, 0.4) is 0 Å². The molecule has 0 bridgehead atoms. The number of nitro benzene ring substituents is 1. The average molecular weight is 420 g/mol. The van der Waals surface area contributed by atoms with Gasteiger partial charge in [0.15, 0.2) is 11.5 Å². The molecule has 8 heteroatoms. The summed E-state index contributed by atoms with van der Waals surface area (Å²) in [5, 5.41) is 14.5. The van der Waals surface area contributed by atoms with Crippen molar-refractivity contribution in [3.63, 3.8) is 0 Å². The lowest BCUT2D eigenvalue weighted by Gasteiger charge is -2.35. The van der Waals surface area contributed by atoms with E-state index in [4.69, 9.17) is 9.47 Å². The van der Waals surface area contributed by atoms with Gasteiger partial charge in [0.2, 0.25) is 0 Å². The molecule has 1 saturated carbocycles. The van der Waals surface area contributed by atoms with E-state index in [1.54, 1.807) is 0 Å². The number of benzene rings is 1. The van der Waals surface area contributed by atoms with Gasteiger partial charge in [-0.05, 0) is 38.5 Å². The van der Waals surface area contributed by atoms with Gasteiger partial charge in [-0.2, -0.15) is 0 Å². The quantitative estimate of drug-likeness (QED) is 0.509. The lowest BCUT2D eigenvalue weighted by atomic mass is 9.88. The summed E-state index contributed by atoms with van der Waals surface area (Å²) in [4.78, 5) is 26.3. The van der Waals surface area contributed by atoms with Gasteiger partial charge >= 0.3 is 0 Å². The van der Waals surface area contributed by atoms with Crippen molar-refractivity contribution in [2.45, 2.75) is 57.9 Å². The Bertz CT molecular complexity index is 741. The van der Waals surface area contributed by atoms with Crippen molar-refractivity contribution < 1.29 is 19.2 Å². The number of methoxy groups -OCH3 is 1. The molecule has 1 aliphatic carbocycles. The van der Waals surface area contributed by atoms with E-state index in [2.05, 4.69) is 10.2 Å². The number of nitro groups is 1. The molecule has 1 aromatic rings. The topological polar surface area (TPSA) is 93.9 Å². The maximum absolute atomic E-state index is 12.9. The van der Waals surface area contributed by atoms with Crippen molar-refractivity contribution in [2.75, 3.05) is 33.4 Å². The number of amides is 1. The molecule has 30 heavy (non-hydrogen) atoms. The summed E-state index contributed by atoms with van der Waals surface area (Å²) >= 11 is 0. The number of nitrogens with one attached hydrogen (secondary N) is 1. The zero-order valence-electron chi connectivity index (χ0n) is 18.0. The first-order valence-corrected chi connectivity index (χ1v) is 11.0. The summed E-state index contributed by atoms with van der Waals surface area (Å²) in [5.74, 6) is 0.953. The standard InChI is InChI=1S/C22H33N3O5/c1-3-30-21-13-18(19(25(27)28)14-20(21)29-2)22(26)23-17-9-11-24(12-10-17)15-16-7-5-4-6-8-16/h13-14,16-17H,3-12,15H2,1-2H3,(H,23,26). The van der Waals surface area contributed by atoms with Crippen LogP contribution in [0.2, 0.25) is 0 Å². The highest BCUT2D eigenvalue weighted by atomic mass is 16.6. The zero-order valence-corrected chi connectivity index (χ0v) is 18.0. The van der Waals surface area contributed by atoms with Crippen molar-refractivity contribution in [1.82, 2.24) is 10.2 Å². The van der Waals surface area contributed by atoms with Crippen LogP contribution in [0.1, 0.15) is 62.2 Å². The molecule has 0 unspecified atom stereocenters. The van der Waals surface area contributed by atoms with Gasteiger partial charge in [-0.15, -0.1) is 0 Å². The molecule has 1 aromatic carbocycles. The molecule has 2 fully saturated rings. The number of carbonyl (C=O) groups excluding carboxylic acids is 1.